The van der Waals surface area contributed by atoms with Crippen LogP contribution in [-0.2, 0) is 4.79 Å². The number of amides is 1. The van der Waals surface area contributed by atoms with Crippen molar-refractivity contribution < 1.29 is 4.79 Å². The second-order valence-electron chi connectivity index (χ2n) is 8.43. The first-order valence-corrected chi connectivity index (χ1v) is 12.5. The van der Waals surface area contributed by atoms with Crippen LogP contribution in [0.25, 0.3) is 0 Å². The molecule has 1 saturated heterocycles. The van der Waals surface area contributed by atoms with Crippen molar-refractivity contribution in [1.82, 2.24) is 10.4 Å². The van der Waals surface area contributed by atoms with Crippen molar-refractivity contribution in [2.24, 2.45) is 10.9 Å². The molecule has 0 spiro atoms. The summed E-state index contributed by atoms with van der Waals surface area (Å²) in [5.74, 6) is -0.846. The SMILES string of the molecule is CCC(C(=N)C(=O)NN1CCCCC1)C(=Nc1ccc(Cl)cc1Cl)C1=CCC(C)(Br)C=C1. The topological polar surface area (TPSA) is 68.6 Å². The van der Waals surface area contributed by atoms with Gasteiger partial charge in [0.05, 0.1) is 16.4 Å². The lowest BCUT2D eigenvalue weighted by Gasteiger charge is -2.29. The van der Waals surface area contributed by atoms with Crippen LogP contribution < -0.4 is 5.43 Å². The Kier molecular flexibility index (Phi) is 8.73. The summed E-state index contributed by atoms with van der Waals surface area (Å²) in [7, 11) is 0. The minimum absolute atomic E-state index is 0.00314. The molecule has 1 heterocycles. The second kappa shape index (κ2) is 11.1. The summed E-state index contributed by atoms with van der Waals surface area (Å²) < 4.78 is -0.125. The van der Waals surface area contributed by atoms with Crippen LogP contribution in [0.2, 0.25) is 10.0 Å². The van der Waals surface area contributed by atoms with Gasteiger partial charge >= 0.3 is 0 Å². The quantitative estimate of drug-likeness (QED) is 0.300. The molecule has 2 N–H and O–H groups in total. The van der Waals surface area contributed by atoms with Gasteiger partial charge < -0.3 is 0 Å². The highest BCUT2D eigenvalue weighted by Gasteiger charge is 2.30. The molecule has 0 saturated carbocycles. The maximum Gasteiger partial charge on any atom is 0.279 e. The molecule has 1 aliphatic heterocycles. The molecule has 2 unspecified atom stereocenters. The molecule has 2 aliphatic rings. The average Bonchev–Trinajstić information content (AvgIpc) is 2.76. The van der Waals surface area contributed by atoms with Gasteiger partial charge in [-0.3, -0.25) is 20.6 Å². The molecule has 1 amide bonds. The lowest BCUT2D eigenvalue weighted by molar-refractivity contribution is -0.120. The fourth-order valence-electron chi connectivity index (χ4n) is 3.85. The number of aliphatic imine (C=N–C) groups is 1. The maximum absolute atomic E-state index is 12.9. The minimum Gasteiger partial charge on any atom is -0.299 e. The van der Waals surface area contributed by atoms with Crippen molar-refractivity contribution in [3.05, 3.63) is 52.0 Å². The Morgan fingerprint density at radius 3 is 2.62 bits per heavy atom. The number of hydrazine groups is 1. The fourth-order valence-corrected chi connectivity index (χ4v) is 4.59. The first kappa shape index (κ1) is 25.2. The van der Waals surface area contributed by atoms with Crippen LogP contribution >= 0.6 is 39.1 Å². The number of halogens is 3. The van der Waals surface area contributed by atoms with Gasteiger partial charge in [-0.15, -0.1) is 0 Å². The van der Waals surface area contributed by atoms with Gasteiger partial charge in [-0.25, -0.2) is 5.01 Å². The number of carbonyl (C=O) groups is 1. The smallest absolute Gasteiger partial charge is 0.279 e. The van der Waals surface area contributed by atoms with Gasteiger partial charge in [-0.05, 0) is 56.4 Å². The predicted octanol–water partition coefficient (Wildman–Crippen LogP) is 6.67. The molecule has 5 nitrogen and oxygen atoms in total. The summed E-state index contributed by atoms with van der Waals surface area (Å²) in [5.41, 5.74) is 5.04. The molecule has 172 valence electrons. The van der Waals surface area contributed by atoms with Gasteiger partial charge in [0.15, 0.2) is 0 Å². The first-order valence-electron chi connectivity index (χ1n) is 11.0. The van der Waals surface area contributed by atoms with E-state index < -0.39 is 5.92 Å². The zero-order valence-corrected chi connectivity index (χ0v) is 21.5. The molecule has 1 aromatic carbocycles. The maximum atomic E-state index is 12.9. The van der Waals surface area contributed by atoms with Crippen LogP contribution in [0.5, 0.6) is 0 Å². The minimum atomic E-state index is -0.470. The van der Waals surface area contributed by atoms with E-state index in [1.165, 1.54) is 6.42 Å². The van der Waals surface area contributed by atoms with Crippen molar-refractivity contribution >= 4 is 62.1 Å². The van der Waals surface area contributed by atoms with Crippen LogP contribution in [0.15, 0.2) is 47.0 Å². The van der Waals surface area contributed by atoms with Crippen LogP contribution in [0.4, 0.5) is 5.69 Å². The third-order valence-corrected chi connectivity index (χ3v) is 6.85. The zero-order valence-electron chi connectivity index (χ0n) is 18.4. The molecule has 1 aliphatic carbocycles. The number of benzene rings is 1. The van der Waals surface area contributed by atoms with Crippen LogP contribution in [0.3, 0.4) is 0 Å². The van der Waals surface area contributed by atoms with E-state index in [2.05, 4.69) is 40.4 Å². The summed E-state index contributed by atoms with van der Waals surface area (Å²) in [6.45, 7) is 5.69. The highest BCUT2D eigenvalue weighted by atomic mass is 79.9. The summed E-state index contributed by atoms with van der Waals surface area (Å²) >= 11 is 16.2. The van der Waals surface area contributed by atoms with E-state index in [0.717, 1.165) is 37.9 Å². The van der Waals surface area contributed by atoms with Crippen molar-refractivity contribution in [3.8, 4) is 0 Å². The number of allylic oxidation sites excluding steroid dienone is 4. The number of alkyl halides is 1. The number of hydrogen-bond acceptors (Lipinski definition) is 4. The number of carbonyl (C=O) groups excluding carboxylic acids is 1. The molecule has 8 heteroatoms. The number of rotatable bonds is 7. The second-order valence-corrected chi connectivity index (χ2v) is 11.1. The van der Waals surface area contributed by atoms with E-state index in [4.69, 9.17) is 33.6 Å². The summed E-state index contributed by atoms with van der Waals surface area (Å²) in [6, 6.07) is 5.14. The number of hydrogen-bond donors (Lipinski definition) is 2. The third-order valence-electron chi connectivity index (χ3n) is 5.73. The normalized spacial score (nSPS) is 22.9. The van der Waals surface area contributed by atoms with Crippen LogP contribution in [0, 0.1) is 11.3 Å². The molecular formula is C24H29BrCl2N4O. The van der Waals surface area contributed by atoms with E-state index in [0.29, 0.717) is 27.9 Å². The van der Waals surface area contributed by atoms with Gasteiger partial charge in [0.2, 0.25) is 0 Å². The van der Waals surface area contributed by atoms with Gasteiger partial charge in [0.1, 0.15) is 5.71 Å². The van der Waals surface area contributed by atoms with Gasteiger partial charge in [0, 0.05) is 28.4 Å². The average molecular weight is 540 g/mol. The monoisotopic (exact) mass is 538 g/mol. The van der Waals surface area contributed by atoms with Crippen molar-refractivity contribution in [1.29, 1.82) is 5.41 Å². The molecule has 32 heavy (non-hydrogen) atoms. The molecular weight excluding hydrogens is 511 g/mol. The Bertz CT molecular complexity index is 965. The van der Waals surface area contributed by atoms with Crippen LogP contribution in [-0.4, -0.2) is 39.8 Å². The molecule has 0 radical (unpaired) electrons. The Hall–Kier alpha value is -1.47. The predicted molar refractivity (Wildman–Crippen MR) is 138 cm³/mol. The Morgan fingerprint density at radius 2 is 2.03 bits per heavy atom. The fraction of sp³-hybridized carbons (Fsp3) is 0.458. The van der Waals surface area contributed by atoms with E-state index in [9.17, 15) is 4.79 Å². The zero-order chi connectivity index (χ0) is 23.3. The first-order chi connectivity index (χ1) is 15.2. The third kappa shape index (κ3) is 6.53. The Morgan fingerprint density at radius 1 is 1.31 bits per heavy atom. The van der Waals surface area contributed by atoms with Crippen molar-refractivity contribution in [2.45, 2.75) is 50.3 Å². The molecule has 0 bridgehead atoms. The lowest BCUT2D eigenvalue weighted by atomic mass is 9.85. The van der Waals surface area contributed by atoms with Crippen LogP contribution in [0.1, 0.15) is 46.0 Å². The van der Waals surface area contributed by atoms with E-state index in [-0.39, 0.29) is 15.9 Å². The molecule has 3 rings (SSSR count). The van der Waals surface area contributed by atoms with E-state index >= 15 is 0 Å². The van der Waals surface area contributed by atoms with E-state index in [1.54, 1.807) is 18.2 Å². The Balaban J connectivity index is 1.94. The molecule has 1 aromatic rings. The summed E-state index contributed by atoms with van der Waals surface area (Å²) in [4.78, 5) is 17.8. The van der Waals surface area contributed by atoms with Crippen molar-refractivity contribution in [2.75, 3.05) is 13.1 Å². The largest absolute Gasteiger partial charge is 0.299 e. The van der Waals surface area contributed by atoms with Gasteiger partial charge in [0.25, 0.3) is 5.91 Å². The highest BCUT2D eigenvalue weighted by molar-refractivity contribution is 9.10. The summed E-state index contributed by atoms with van der Waals surface area (Å²) in [6.07, 6.45) is 10.8. The number of nitrogens with one attached hydrogen (secondary N) is 2. The molecule has 0 aromatic heterocycles. The standard InChI is InChI=1S/C24H29BrCl2N4O/c1-3-18(21(28)23(32)30-31-13-5-4-6-14-31)22(16-9-11-24(2,25)12-10-16)29-20-8-7-17(26)15-19(20)27/h7-11,15,18,28H,3-6,12-14H2,1-2H3,(H,30,32). The Labute approximate surface area is 208 Å². The van der Waals surface area contributed by atoms with Crippen molar-refractivity contribution in [3.63, 3.8) is 0 Å². The van der Waals surface area contributed by atoms with E-state index in [1.807, 2.05) is 18.0 Å². The molecule has 2 atom stereocenters. The number of piperidine rings is 1. The van der Waals surface area contributed by atoms with Gasteiger partial charge in [-0.2, -0.15) is 0 Å². The highest BCUT2D eigenvalue weighted by Crippen LogP contribution is 2.34. The van der Waals surface area contributed by atoms with Gasteiger partial charge in [-0.1, -0.05) is 70.7 Å². The lowest BCUT2D eigenvalue weighted by Crippen LogP contribution is -2.49. The summed E-state index contributed by atoms with van der Waals surface area (Å²) in [5, 5.41) is 11.6. The molecule has 1 fully saturated rings. The number of nitrogens with zero attached hydrogens (tertiary/aromatic N) is 2.